The first-order valence-electron chi connectivity index (χ1n) is 22.7. The Hall–Kier alpha value is -3.04. The van der Waals surface area contributed by atoms with E-state index in [1.54, 1.807) is 12.2 Å². The second-order valence-corrected chi connectivity index (χ2v) is 17.0. The van der Waals surface area contributed by atoms with E-state index in [1.165, 1.54) is 32.1 Å². The molecule has 1 aliphatic carbocycles. The third-order valence-corrected chi connectivity index (χ3v) is 11.0. The number of hydrogen-bond acceptors (Lipinski definition) is 13. The molecule has 0 radical (unpaired) electrons. The predicted molar refractivity (Wildman–Crippen MR) is 240 cm³/mol. The van der Waals surface area contributed by atoms with Gasteiger partial charge in [0.15, 0.2) is 11.9 Å². The molecule has 354 valence electrons. The zero-order chi connectivity index (χ0) is 45.9. The van der Waals surface area contributed by atoms with Crippen LogP contribution in [0, 0.1) is 0 Å². The Labute approximate surface area is 370 Å². The lowest BCUT2D eigenvalue weighted by molar-refractivity contribution is -0.220. The van der Waals surface area contributed by atoms with Gasteiger partial charge >= 0.3 is 19.8 Å². The van der Waals surface area contributed by atoms with Gasteiger partial charge in [-0.25, -0.2) is 4.57 Å². The minimum atomic E-state index is -5.16. The van der Waals surface area contributed by atoms with Gasteiger partial charge in [-0.1, -0.05) is 126 Å². The van der Waals surface area contributed by atoms with Crippen LogP contribution >= 0.6 is 7.82 Å². The molecule has 6 N–H and O–H groups in total. The van der Waals surface area contributed by atoms with Gasteiger partial charge in [-0.05, 0) is 76.7 Å². The monoisotopic (exact) mass is 897 g/mol. The maximum absolute atomic E-state index is 12.8. The number of aliphatic hydroxyl groups excluding tert-OH is 5. The van der Waals surface area contributed by atoms with Crippen LogP contribution < -0.4 is 0 Å². The molecular formula is C47H77O14P. The third kappa shape index (κ3) is 28.6. The van der Waals surface area contributed by atoms with Crippen molar-refractivity contribution in [2.45, 2.75) is 191 Å². The fraction of sp³-hybridized carbons (Fsp3) is 0.681. The summed E-state index contributed by atoms with van der Waals surface area (Å²) in [6, 6.07) is 0. The van der Waals surface area contributed by atoms with E-state index in [0.717, 1.165) is 57.8 Å². The number of phosphoric acid groups is 1. The van der Waals surface area contributed by atoms with Crippen molar-refractivity contribution in [2.24, 2.45) is 0 Å². The summed E-state index contributed by atoms with van der Waals surface area (Å²) in [6.07, 6.45) is 27.8. The highest BCUT2D eigenvalue weighted by Gasteiger charge is 2.51. The molecule has 15 heteroatoms. The molecule has 0 aromatic rings. The van der Waals surface area contributed by atoms with Crippen LogP contribution in [0.4, 0.5) is 0 Å². The quantitative estimate of drug-likeness (QED) is 0.00878. The summed E-state index contributed by atoms with van der Waals surface area (Å²) >= 11 is 0. The van der Waals surface area contributed by atoms with E-state index < -0.39 is 75.7 Å². The van der Waals surface area contributed by atoms with E-state index in [9.17, 15) is 49.4 Å². The zero-order valence-corrected chi connectivity index (χ0v) is 38.0. The van der Waals surface area contributed by atoms with Crippen LogP contribution in [0.2, 0.25) is 0 Å². The Kier molecular flexibility index (Phi) is 33.4. The summed E-state index contributed by atoms with van der Waals surface area (Å²) in [4.78, 5) is 47.7. The largest absolute Gasteiger partial charge is 0.472 e. The summed E-state index contributed by atoms with van der Waals surface area (Å²) in [7, 11) is -5.16. The molecule has 0 spiro atoms. The number of phosphoric ester groups is 1. The fourth-order valence-corrected chi connectivity index (χ4v) is 7.23. The number of carbonyl (C=O) groups excluding carboxylic acids is 3. The molecule has 0 aromatic heterocycles. The minimum Gasteiger partial charge on any atom is -0.462 e. The first-order valence-corrected chi connectivity index (χ1v) is 24.2. The topological polar surface area (TPSA) is 227 Å². The van der Waals surface area contributed by atoms with Gasteiger partial charge in [-0.15, -0.1) is 0 Å². The number of ether oxygens (including phenoxy) is 2. The predicted octanol–water partition coefficient (Wildman–Crippen LogP) is 7.90. The number of carbonyl (C=O) groups is 3. The Morgan fingerprint density at radius 3 is 1.61 bits per heavy atom. The van der Waals surface area contributed by atoms with Gasteiger partial charge in [0.1, 0.15) is 43.2 Å². The molecular weight excluding hydrogens is 819 g/mol. The summed E-state index contributed by atoms with van der Waals surface area (Å²) in [5.74, 6) is -1.20. The highest BCUT2D eigenvalue weighted by Crippen LogP contribution is 2.47. The van der Waals surface area contributed by atoms with Crippen molar-refractivity contribution in [2.75, 3.05) is 13.2 Å². The molecule has 1 fully saturated rings. The molecule has 0 aliphatic heterocycles. The SMILES string of the molecule is CCCCC/C=C\C=C\C(=O)CCCCCCCC(=O)O[C@H](COC(=O)CCC/C=C\C/C=C\C/C=C\C/C=C\CCCCC)COP(=O)(O)OC1[C@H](O)[C@H](O)C(O)[C@H](O)[C@H]1O. The minimum absolute atomic E-state index is 0.00235. The van der Waals surface area contributed by atoms with Crippen LogP contribution in [0.1, 0.15) is 149 Å². The Balaban J connectivity index is 2.56. The molecule has 62 heavy (non-hydrogen) atoms. The van der Waals surface area contributed by atoms with Crippen molar-refractivity contribution < 1.29 is 67.9 Å². The average molecular weight is 897 g/mol. The molecule has 1 rings (SSSR count). The molecule has 0 saturated heterocycles. The Morgan fingerprint density at radius 1 is 0.548 bits per heavy atom. The van der Waals surface area contributed by atoms with Gasteiger partial charge in [0.2, 0.25) is 0 Å². The maximum Gasteiger partial charge on any atom is 0.472 e. The standard InChI is InChI=1S/C47H77O14P/c1-3-5-7-9-11-12-13-14-15-16-17-18-19-20-22-26-30-34-40(49)58-36-39(37-59-62(56,57)61-47-45(54)43(52)42(51)44(53)46(47)55)60-41(50)35-31-27-23-25-29-33-38(48)32-28-24-21-10-8-6-4-2/h11-12,14-15,17-18,20-22,24,28,32,39,42-47,51-55H,3-10,13,16,19,23,25-27,29-31,33-37H2,1-2H3,(H,56,57)/b12-11-,15-14-,18-17-,22-20-,24-21-,32-28+/t39-,42?,43-,44+,45-,46-,47?/m1/s1. The van der Waals surface area contributed by atoms with Gasteiger partial charge < -0.3 is 39.9 Å². The third-order valence-electron chi connectivity index (χ3n) is 10.00. The Morgan fingerprint density at radius 2 is 1.03 bits per heavy atom. The molecule has 0 bridgehead atoms. The van der Waals surface area contributed by atoms with Crippen LogP contribution in [-0.4, -0.2) is 104 Å². The van der Waals surface area contributed by atoms with Crippen LogP contribution in [0.25, 0.3) is 0 Å². The summed E-state index contributed by atoms with van der Waals surface area (Å²) in [5.41, 5.74) is 0. The number of esters is 2. The van der Waals surface area contributed by atoms with Gasteiger partial charge in [0, 0.05) is 19.3 Å². The molecule has 1 saturated carbocycles. The number of aliphatic hydroxyl groups is 5. The first-order chi connectivity index (χ1) is 29.8. The number of ketones is 1. The molecule has 0 amide bonds. The first kappa shape index (κ1) is 57.0. The van der Waals surface area contributed by atoms with Gasteiger partial charge in [0.05, 0.1) is 6.61 Å². The fourth-order valence-electron chi connectivity index (χ4n) is 6.26. The zero-order valence-electron chi connectivity index (χ0n) is 37.1. The number of allylic oxidation sites excluding steroid dienone is 12. The van der Waals surface area contributed by atoms with Crippen LogP contribution in [0.3, 0.4) is 0 Å². The van der Waals surface area contributed by atoms with E-state index in [0.29, 0.717) is 32.1 Å². The van der Waals surface area contributed by atoms with E-state index >= 15 is 0 Å². The lowest BCUT2D eigenvalue weighted by Crippen LogP contribution is -2.64. The normalized spacial score (nSPS) is 22.5. The van der Waals surface area contributed by atoms with E-state index in [-0.39, 0.29) is 18.6 Å². The number of rotatable bonds is 36. The summed E-state index contributed by atoms with van der Waals surface area (Å²) in [6.45, 7) is 3.05. The summed E-state index contributed by atoms with van der Waals surface area (Å²) < 4.78 is 33.3. The van der Waals surface area contributed by atoms with Gasteiger partial charge in [0.25, 0.3) is 0 Å². The maximum atomic E-state index is 12.8. The van der Waals surface area contributed by atoms with Crippen molar-refractivity contribution in [1.82, 2.24) is 0 Å². The van der Waals surface area contributed by atoms with Crippen LogP contribution in [0.5, 0.6) is 0 Å². The second-order valence-electron chi connectivity index (χ2n) is 15.6. The van der Waals surface area contributed by atoms with E-state index in [2.05, 4.69) is 56.4 Å². The molecule has 8 atom stereocenters. The van der Waals surface area contributed by atoms with Crippen LogP contribution in [-0.2, 0) is 37.5 Å². The van der Waals surface area contributed by atoms with Crippen molar-refractivity contribution in [3.63, 3.8) is 0 Å². The van der Waals surface area contributed by atoms with Gasteiger partial charge in [-0.2, -0.15) is 0 Å². The summed E-state index contributed by atoms with van der Waals surface area (Å²) in [5, 5.41) is 50.1. The molecule has 14 nitrogen and oxygen atoms in total. The number of hydrogen-bond donors (Lipinski definition) is 6. The van der Waals surface area contributed by atoms with E-state index in [1.807, 2.05) is 18.2 Å². The smallest absolute Gasteiger partial charge is 0.462 e. The van der Waals surface area contributed by atoms with Crippen LogP contribution in [0.15, 0.2) is 72.9 Å². The van der Waals surface area contributed by atoms with Gasteiger partial charge in [-0.3, -0.25) is 23.4 Å². The van der Waals surface area contributed by atoms with Crippen molar-refractivity contribution >= 4 is 25.5 Å². The van der Waals surface area contributed by atoms with Crippen molar-refractivity contribution in [1.29, 1.82) is 0 Å². The van der Waals surface area contributed by atoms with E-state index in [4.69, 9.17) is 18.5 Å². The lowest BCUT2D eigenvalue weighted by Gasteiger charge is -2.41. The average Bonchev–Trinajstić information content (AvgIpc) is 3.25. The lowest BCUT2D eigenvalue weighted by atomic mass is 9.85. The molecule has 3 unspecified atom stereocenters. The molecule has 0 heterocycles. The molecule has 1 aliphatic rings. The van der Waals surface area contributed by atoms with Crippen molar-refractivity contribution in [3.8, 4) is 0 Å². The number of unbranched alkanes of at least 4 members (excludes halogenated alkanes) is 11. The highest BCUT2D eigenvalue weighted by atomic mass is 31.2. The molecule has 0 aromatic carbocycles. The van der Waals surface area contributed by atoms with Crippen molar-refractivity contribution in [3.05, 3.63) is 72.9 Å². The highest BCUT2D eigenvalue weighted by molar-refractivity contribution is 7.47. The Bertz CT molecular complexity index is 1420. The second kappa shape index (κ2) is 36.3.